The topological polar surface area (TPSA) is 64.1 Å². The molecule has 1 unspecified atom stereocenters. The minimum Gasteiger partial charge on any atom is -0.389 e. The number of rotatable bonds is 9. The standard InChI is InChI=1S/C10H19N3O3/c1-4-15-12-7-5-8-13-16-10(2)6-9-11-14-3/h5-12H,4H2,1-3H3/b7-5?,9-6-,13-8?. The first-order valence-electron chi connectivity index (χ1n) is 4.98. The largest absolute Gasteiger partial charge is 0.389 e. The summed E-state index contributed by atoms with van der Waals surface area (Å²) in [5.41, 5.74) is 5.15. The van der Waals surface area contributed by atoms with Crippen molar-refractivity contribution in [3.05, 3.63) is 24.6 Å². The van der Waals surface area contributed by atoms with Crippen molar-refractivity contribution in [3.8, 4) is 0 Å². The number of oxime groups is 1. The first-order valence-corrected chi connectivity index (χ1v) is 4.98. The van der Waals surface area contributed by atoms with E-state index in [0.717, 1.165) is 0 Å². The predicted octanol–water partition coefficient (Wildman–Crippen LogP) is 1.10. The van der Waals surface area contributed by atoms with Crippen LogP contribution in [0.1, 0.15) is 13.8 Å². The van der Waals surface area contributed by atoms with Gasteiger partial charge in [0.2, 0.25) is 0 Å². The van der Waals surface area contributed by atoms with Crippen LogP contribution in [-0.2, 0) is 14.5 Å². The zero-order chi connectivity index (χ0) is 12.1. The van der Waals surface area contributed by atoms with Crippen LogP contribution >= 0.6 is 0 Å². The molecule has 0 spiro atoms. The minimum absolute atomic E-state index is 0.132. The lowest BCUT2D eigenvalue weighted by molar-refractivity contribution is 0.0825. The molecule has 0 aromatic carbocycles. The van der Waals surface area contributed by atoms with Crippen LogP contribution in [0, 0.1) is 0 Å². The van der Waals surface area contributed by atoms with Crippen LogP contribution in [0.15, 0.2) is 29.7 Å². The second-order valence-corrected chi connectivity index (χ2v) is 2.66. The summed E-state index contributed by atoms with van der Waals surface area (Å²) in [4.78, 5) is 14.5. The summed E-state index contributed by atoms with van der Waals surface area (Å²) in [5.74, 6) is 0. The summed E-state index contributed by atoms with van der Waals surface area (Å²) in [6, 6.07) is 0. The van der Waals surface area contributed by atoms with E-state index in [2.05, 4.69) is 21.0 Å². The van der Waals surface area contributed by atoms with E-state index in [4.69, 9.17) is 9.68 Å². The number of hydrogen-bond acceptors (Lipinski definition) is 6. The van der Waals surface area contributed by atoms with Gasteiger partial charge in [-0.25, -0.2) is 0 Å². The molecule has 0 aliphatic heterocycles. The first kappa shape index (κ1) is 14.5. The minimum atomic E-state index is -0.132. The van der Waals surface area contributed by atoms with Gasteiger partial charge in [0.25, 0.3) is 0 Å². The predicted molar refractivity (Wildman–Crippen MR) is 62.2 cm³/mol. The third-order valence-corrected chi connectivity index (χ3v) is 1.32. The van der Waals surface area contributed by atoms with Gasteiger partial charge in [0.05, 0.1) is 19.9 Å². The van der Waals surface area contributed by atoms with Crippen molar-refractivity contribution < 1.29 is 14.5 Å². The van der Waals surface area contributed by atoms with E-state index in [-0.39, 0.29) is 6.10 Å². The van der Waals surface area contributed by atoms with Gasteiger partial charge in [-0.1, -0.05) is 5.16 Å². The Labute approximate surface area is 95.8 Å². The Balaban J connectivity index is 3.54. The number of nitrogens with one attached hydrogen (secondary N) is 2. The summed E-state index contributed by atoms with van der Waals surface area (Å²) in [5, 5.41) is 3.72. The molecule has 0 bridgehead atoms. The highest BCUT2D eigenvalue weighted by atomic mass is 16.6. The summed E-state index contributed by atoms with van der Waals surface area (Å²) in [6.07, 6.45) is 8.06. The smallest absolute Gasteiger partial charge is 0.144 e. The van der Waals surface area contributed by atoms with Gasteiger partial charge in [0.15, 0.2) is 0 Å². The maximum Gasteiger partial charge on any atom is 0.144 e. The van der Waals surface area contributed by atoms with E-state index in [1.807, 2.05) is 13.8 Å². The molecule has 0 fully saturated rings. The summed E-state index contributed by atoms with van der Waals surface area (Å²) in [6.45, 7) is 4.35. The van der Waals surface area contributed by atoms with E-state index < -0.39 is 0 Å². The fraction of sp³-hybridized carbons (Fsp3) is 0.500. The number of hydroxylamine groups is 2. The van der Waals surface area contributed by atoms with E-state index in [1.54, 1.807) is 24.6 Å². The molecule has 6 nitrogen and oxygen atoms in total. The van der Waals surface area contributed by atoms with Gasteiger partial charge in [-0.05, 0) is 26.0 Å². The maximum atomic E-state index is 5.06. The van der Waals surface area contributed by atoms with Crippen LogP contribution in [-0.4, -0.2) is 26.0 Å². The molecule has 1 atom stereocenters. The molecule has 0 saturated carbocycles. The summed E-state index contributed by atoms with van der Waals surface area (Å²) >= 11 is 0. The molecule has 0 aromatic heterocycles. The van der Waals surface area contributed by atoms with E-state index >= 15 is 0 Å². The monoisotopic (exact) mass is 229 g/mol. The molecule has 0 radical (unpaired) electrons. The van der Waals surface area contributed by atoms with E-state index in [1.165, 1.54) is 13.3 Å². The molecule has 0 aliphatic carbocycles. The normalized spacial score (nSPS) is 13.7. The molecular weight excluding hydrogens is 210 g/mol. The molecule has 0 rings (SSSR count). The Kier molecular flexibility index (Phi) is 10.4. The van der Waals surface area contributed by atoms with Crippen LogP contribution in [0.4, 0.5) is 0 Å². The molecule has 0 amide bonds. The van der Waals surface area contributed by atoms with Crippen molar-refractivity contribution in [1.29, 1.82) is 0 Å². The van der Waals surface area contributed by atoms with Crippen molar-refractivity contribution in [2.24, 2.45) is 5.16 Å². The second-order valence-electron chi connectivity index (χ2n) is 2.66. The number of hydrogen-bond donors (Lipinski definition) is 2. The van der Waals surface area contributed by atoms with Crippen LogP contribution in [0.25, 0.3) is 0 Å². The molecular formula is C10H19N3O3. The fourth-order valence-corrected chi connectivity index (χ4v) is 0.658. The van der Waals surface area contributed by atoms with Crippen LogP contribution < -0.4 is 11.0 Å². The maximum absolute atomic E-state index is 5.06. The average molecular weight is 229 g/mol. The highest BCUT2D eigenvalue weighted by Gasteiger charge is 1.92. The van der Waals surface area contributed by atoms with Crippen molar-refractivity contribution in [2.45, 2.75) is 20.0 Å². The molecule has 0 heterocycles. The highest BCUT2D eigenvalue weighted by molar-refractivity contribution is 5.70. The van der Waals surface area contributed by atoms with Gasteiger partial charge < -0.3 is 4.84 Å². The summed E-state index contributed by atoms with van der Waals surface area (Å²) < 4.78 is 0. The molecule has 0 aliphatic rings. The van der Waals surface area contributed by atoms with Crippen LogP contribution in [0.5, 0.6) is 0 Å². The SMILES string of the molecule is CCONC=CC=NOC(C)/C=C\NOC. The molecule has 2 N–H and O–H groups in total. The Morgan fingerprint density at radius 1 is 1.31 bits per heavy atom. The van der Waals surface area contributed by atoms with Crippen molar-refractivity contribution in [2.75, 3.05) is 13.7 Å². The molecule has 92 valence electrons. The number of allylic oxidation sites excluding steroid dienone is 1. The Bertz CT molecular complexity index is 229. The van der Waals surface area contributed by atoms with Crippen molar-refractivity contribution >= 4 is 6.21 Å². The van der Waals surface area contributed by atoms with E-state index in [0.29, 0.717) is 6.61 Å². The van der Waals surface area contributed by atoms with Gasteiger partial charge in [-0.3, -0.25) is 20.6 Å². The zero-order valence-electron chi connectivity index (χ0n) is 9.84. The van der Waals surface area contributed by atoms with Gasteiger partial charge in [0.1, 0.15) is 6.10 Å². The Hall–Kier alpha value is -1.53. The van der Waals surface area contributed by atoms with E-state index in [9.17, 15) is 0 Å². The quantitative estimate of drug-likeness (QED) is 0.352. The Morgan fingerprint density at radius 3 is 2.81 bits per heavy atom. The van der Waals surface area contributed by atoms with Gasteiger partial charge in [-0.2, -0.15) is 0 Å². The molecule has 0 aromatic rings. The van der Waals surface area contributed by atoms with Gasteiger partial charge in [-0.15, -0.1) is 0 Å². The van der Waals surface area contributed by atoms with Crippen molar-refractivity contribution in [1.82, 2.24) is 11.0 Å². The van der Waals surface area contributed by atoms with Crippen LogP contribution in [0.3, 0.4) is 0 Å². The third kappa shape index (κ3) is 10.6. The van der Waals surface area contributed by atoms with Crippen molar-refractivity contribution in [3.63, 3.8) is 0 Å². The average Bonchev–Trinajstić information content (AvgIpc) is 2.28. The first-order chi connectivity index (χ1) is 7.81. The Morgan fingerprint density at radius 2 is 2.12 bits per heavy atom. The number of nitrogens with zero attached hydrogens (tertiary/aromatic N) is 1. The highest BCUT2D eigenvalue weighted by Crippen LogP contribution is 1.91. The summed E-state index contributed by atoms with van der Waals surface area (Å²) in [7, 11) is 1.53. The lowest BCUT2D eigenvalue weighted by Gasteiger charge is -2.02. The zero-order valence-corrected chi connectivity index (χ0v) is 9.84. The lowest BCUT2D eigenvalue weighted by Crippen LogP contribution is -2.06. The molecule has 16 heavy (non-hydrogen) atoms. The second kappa shape index (κ2) is 11.5. The lowest BCUT2D eigenvalue weighted by atomic mass is 10.4. The molecule has 0 saturated heterocycles. The third-order valence-electron chi connectivity index (χ3n) is 1.32. The van der Waals surface area contributed by atoms with Gasteiger partial charge >= 0.3 is 0 Å². The fourth-order valence-electron chi connectivity index (χ4n) is 0.658. The van der Waals surface area contributed by atoms with Gasteiger partial charge in [0, 0.05) is 12.4 Å². The van der Waals surface area contributed by atoms with Crippen LogP contribution in [0.2, 0.25) is 0 Å². The molecule has 6 heteroatoms.